The molecule has 3 aliphatic heterocycles. The van der Waals surface area contributed by atoms with Crippen molar-refractivity contribution in [3.05, 3.63) is 36.5 Å². The molecule has 320 valence electrons. The predicted molar refractivity (Wildman–Crippen MR) is 217 cm³/mol. The van der Waals surface area contributed by atoms with E-state index in [1.807, 2.05) is 19.1 Å². The lowest BCUT2D eigenvalue weighted by Gasteiger charge is -2.34. The lowest BCUT2D eigenvalue weighted by Crippen LogP contribution is -2.59. The van der Waals surface area contributed by atoms with Crippen LogP contribution in [-0.2, 0) is 34.0 Å². The number of allylic oxidation sites excluding steroid dienone is 1. The highest BCUT2D eigenvalue weighted by molar-refractivity contribution is 7.91. The molecular formula is C42H56N6O10S. The Morgan fingerprint density at radius 1 is 1.02 bits per heavy atom. The maximum atomic E-state index is 15.0. The number of rotatable bonds is 9. The molecule has 2 aromatic rings. The normalized spacial score (nSPS) is 28.6. The molecule has 0 spiro atoms. The minimum absolute atomic E-state index is 0.0239. The lowest BCUT2D eigenvalue weighted by molar-refractivity contribution is -0.144. The Balaban J connectivity index is 1.20. The number of amides is 5. The minimum atomic E-state index is -4.01. The van der Waals surface area contributed by atoms with Crippen molar-refractivity contribution in [2.45, 2.75) is 113 Å². The number of aromatic nitrogens is 1. The molecule has 6 unspecified atom stereocenters. The van der Waals surface area contributed by atoms with Crippen LogP contribution in [0.3, 0.4) is 0 Å². The maximum absolute atomic E-state index is 15.0. The number of nitrogens with one attached hydrogen (secondary N) is 3. The SMILES string of the molecule is COc1ccc2c(OC3CC4C(=O)NC5(C(=O)NS(=O)(=O)C6(C)CC6)CC5C=CCCCCC(C)C(NC(=O)C5CCN(C(C)=O)CC5)C(=O)N4C3)ncc(OC)c2c1. The van der Waals surface area contributed by atoms with Gasteiger partial charge in [-0.2, -0.15) is 0 Å². The molecule has 4 heterocycles. The molecule has 1 aromatic carbocycles. The molecule has 5 amide bonds. The Hall–Kier alpha value is -4.93. The number of carbonyl (C=O) groups excluding carboxylic acids is 5. The van der Waals surface area contributed by atoms with E-state index in [-0.39, 0.29) is 43.0 Å². The molecule has 6 atom stereocenters. The fourth-order valence-electron chi connectivity index (χ4n) is 8.66. The molecule has 16 nitrogen and oxygen atoms in total. The van der Waals surface area contributed by atoms with Gasteiger partial charge in [-0.15, -0.1) is 0 Å². The van der Waals surface area contributed by atoms with E-state index in [4.69, 9.17) is 14.2 Å². The van der Waals surface area contributed by atoms with Gasteiger partial charge in [0.25, 0.3) is 5.91 Å². The second-order valence-corrected chi connectivity index (χ2v) is 19.3. The smallest absolute Gasteiger partial charge is 0.259 e. The first-order chi connectivity index (χ1) is 28.1. The minimum Gasteiger partial charge on any atom is -0.497 e. The van der Waals surface area contributed by atoms with Crippen LogP contribution in [-0.4, -0.2) is 115 Å². The highest BCUT2D eigenvalue weighted by atomic mass is 32.2. The van der Waals surface area contributed by atoms with Crippen molar-refractivity contribution in [2.24, 2.45) is 17.8 Å². The Bertz CT molecular complexity index is 2130. The predicted octanol–water partition coefficient (Wildman–Crippen LogP) is 2.98. The largest absolute Gasteiger partial charge is 0.497 e. The number of sulfonamides is 1. The van der Waals surface area contributed by atoms with Crippen LogP contribution in [0.2, 0.25) is 0 Å². The molecule has 3 N–H and O–H groups in total. The summed E-state index contributed by atoms with van der Waals surface area (Å²) in [4.78, 5) is 77.1. The van der Waals surface area contributed by atoms with E-state index in [0.29, 0.717) is 73.9 Å². The van der Waals surface area contributed by atoms with Crippen molar-refractivity contribution in [2.75, 3.05) is 33.9 Å². The Kier molecular flexibility index (Phi) is 11.9. The third kappa shape index (κ3) is 8.57. The van der Waals surface area contributed by atoms with Gasteiger partial charge in [0.1, 0.15) is 35.2 Å². The van der Waals surface area contributed by atoms with E-state index in [0.717, 1.165) is 12.8 Å². The van der Waals surface area contributed by atoms with Crippen LogP contribution in [0, 0.1) is 17.8 Å². The molecule has 2 aliphatic carbocycles. The summed E-state index contributed by atoms with van der Waals surface area (Å²) in [5.74, 6) is -2.04. The Labute approximate surface area is 345 Å². The van der Waals surface area contributed by atoms with Crippen LogP contribution < -0.4 is 29.6 Å². The molecule has 0 radical (unpaired) electrons. The van der Waals surface area contributed by atoms with E-state index < -0.39 is 68.1 Å². The molecule has 2 saturated carbocycles. The van der Waals surface area contributed by atoms with Gasteiger partial charge in [-0.05, 0) is 82.4 Å². The highest BCUT2D eigenvalue weighted by Crippen LogP contribution is 2.47. The van der Waals surface area contributed by atoms with E-state index in [2.05, 4.69) is 20.3 Å². The number of ether oxygens (including phenoxy) is 3. The zero-order valence-corrected chi connectivity index (χ0v) is 35.3. The number of pyridine rings is 1. The second kappa shape index (κ2) is 16.6. The molecule has 2 saturated heterocycles. The molecule has 0 bridgehead atoms. The number of methoxy groups -OCH3 is 2. The van der Waals surface area contributed by atoms with Gasteiger partial charge in [0.05, 0.1) is 31.7 Å². The first kappa shape index (κ1) is 42.2. The number of benzene rings is 1. The lowest BCUT2D eigenvalue weighted by atomic mass is 9.91. The van der Waals surface area contributed by atoms with Gasteiger partial charge in [0.15, 0.2) is 0 Å². The highest BCUT2D eigenvalue weighted by Gasteiger charge is 2.63. The third-order valence-electron chi connectivity index (χ3n) is 13.1. The number of piperidine rings is 1. The number of carbonyl (C=O) groups is 5. The maximum Gasteiger partial charge on any atom is 0.259 e. The van der Waals surface area contributed by atoms with Gasteiger partial charge < -0.3 is 34.6 Å². The van der Waals surface area contributed by atoms with E-state index in [1.54, 1.807) is 37.1 Å². The number of fused-ring (bicyclic) bond motifs is 3. The number of hydrogen-bond acceptors (Lipinski definition) is 11. The zero-order valence-electron chi connectivity index (χ0n) is 34.5. The summed E-state index contributed by atoms with van der Waals surface area (Å²) in [6.45, 7) is 5.87. The topological polar surface area (TPSA) is 203 Å². The first-order valence-electron chi connectivity index (χ1n) is 20.7. The van der Waals surface area contributed by atoms with Crippen LogP contribution in [0.25, 0.3) is 10.8 Å². The summed E-state index contributed by atoms with van der Waals surface area (Å²) in [5.41, 5.74) is -1.54. The third-order valence-corrected chi connectivity index (χ3v) is 15.2. The molecule has 4 fully saturated rings. The van der Waals surface area contributed by atoms with Crippen LogP contribution in [0.1, 0.15) is 85.0 Å². The van der Waals surface area contributed by atoms with Crippen LogP contribution in [0.4, 0.5) is 0 Å². The van der Waals surface area contributed by atoms with E-state index in [9.17, 15) is 32.4 Å². The van der Waals surface area contributed by atoms with Crippen molar-refractivity contribution >= 4 is 50.3 Å². The molecule has 1 aromatic heterocycles. The van der Waals surface area contributed by atoms with Crippen LogP contribution in [0.15, 0.2) is 36.5 Å². The van der Waals surface area contributed by atoms with Gasteiger partial charge in [-0.25, -0.2) is 13.4 Å². The molecule has 17 heteroatoms. The summed E-state index contributed by atoms with van der Waals surface area (Å²) < 4.78 is 45.2. The van der Waals surface area contributed by atoms with Gasteiger partial charge >= 0.3 is 0 Å². The van der Waals surface area contributed by atoms with Crippen LogP contribution in [0.5, 0.6) is 17.4 Å². The monoisotopic (exact) mass is 836 g/mol. The molecule has 59 heavy (non-hydrogen) atoms. The average molecular weight is 837 g/mol. The number of hydrogen-bond donors (Lipinski definition) is 3. The summed E-state index contributed by atoms with van der Waals surface area (Å²) in [6.07, 6.45) is 9.45. The van der Waals surface area contributed by atoms with Crippen molar-refractivity contribution in [1.29, 1.82) is 0 Å². The number of likely N-dealkylation sites (tertiary alicyclic amines) is 1. The summed E-state index contributed by atoms with van der Waals surface area (Å²) in [6, 6.07) is 3.23. The molecule has 7 rings (SSSR count). The first-order valence-corrected chi connectivity index (χ1v) is 22.2. The van der Waals surface area contributed by atoms with Crippen molar-refractivity contribution in [1.82, 2.24) is 30.1 Å². The van der Waals surface area contributed by atoms with E-state index >= 15 is 0 Å². The van der Waals surface area contributed by atoms with Gasteiger partial charge in [-0.3, -0.25) is 28.7 Å². The summed E-state index contributed by atoms with van der Waals surface area (Å²) in [5, 5.41) is 7.28. The zero-order chi connectivity index (χ0) is 42.3. The molecular weight excluding hydrogens is 781 g/mol. The molecule has 5 aliphatic rings. The second-order valence-electron chi connectivity index (χ2n) is 17.1. The van der Waals surface area contributed by atoms with Crippen molar-refractivity contribution in [3.63, 3.8) is 0 Å². The van der Waals surface area contributed by atoms with Gasteiger partial charge in [0.2, 0.25) is 39.5 Å². The standard InChI is InChI=1S/C42H56N6O10S/c1-25-10-8-6-7-9-11-28-22-42(28,40(53)46-59(54,55)41(3)16-17-41)45-37(51)33-21-30(58-38-31-13-12-29(56-4)20-32(31)34(57-5)23-43-38)24-48(33)39(52)35(25)44-36(50)27-14-18-47(19-15-27)26(2)49/h9,11-13,20,23,25,27-28,30,33,35H,6-8,10,14-19,21-22,24H2,1-5H3,(H,44,50)(H,45,51)(H,46,53). The van der Waals surface area contributed by atoms with E-state index in [1.165, 1.54) is 25.1 Å². The summed E-state index contributed by atoms with van der Waals surface area (Å²) >= 11 is 0. The number of nitrogens with zero attached hydrogens (tertiary/aromatic N) is 3. The Morgan fingerprint density at radius 3 is 2.44 bits per heavy atom. The quantitative estimate of drug-likeness (QED) is 0.314. The fourth-order valence-corrected chi connectivity index (χ4v) is 9.97. The van der Waals surface area contributed by atoms with Crippen LogP contribution >= 0.6 is 0 Å². The van der Waals surface area contributed by atoms with Crippen molar-refractivity contribution in [3.8, 4) is 17.4 Å². The van der Waals surface area contributed by atoms with Crippen molar-refractivity contribution < 1.29 is 46.6 Å². The van der Waals surface area contributed by atoms with Gasteiger partial charge in [0, 0.05) is 49.0 Å². The van der Waals surface area contributed by atoms with Gasteiger partial charge in [-0.1, -0.05) is 25.5 Å². The summed E-state index contributed by atoms with van der Waals surface area (Å²) in [7, 11) is -0.924. The average Bonchev–Trinajstić information content (AvgIpc) is 4.10. The Morgan fingerprint density at radius 2 is 1.76 bits per heavy atom. The fraction of sp³-hybridized carbons (Fsp3) is 0.619.